The number of hydrogen-bond donors (Lipinski definition) is 1. The van der Waals surface area contributed by atoms with Crippen LogP contribution in [0.15, 0.2) is 54.9 Å². The third-order valence-electron chi connectivity index (χ3n) is 5.33. The van der Waals surface area contributed by atoms with Crippen molar-refractivity contribution in [1.82, 2.24) is 14.5 Å². The van der Waals surface area contributed by atoms with E-state index in [1.165, 1.54) is 16.5 Å². The zero-order valence-corrected chi connectivity index (χ0v) is 17.1. The number of urea groups is 1. The molecule has 0 saturated heterocycles. The van der Waals surface area contributed by atoms with E-state index in [9.17, 15) is 4.79 Å². The summed E-state index contributed by atoms with van der Waals surface area (Å²) in [6.45, 7) is 5.60. The number of benzene rings is 1. The second-order valence-corrected chi connectivity index (χ2v) is 7.50. The van der Waals surface area contributed by atoms with Crippen LogP contribution in [0.3, 0.4) is 0 Å². The predicted octanol–water partition coefficient (Wildman–Crippen LogP) is 4.95. The highest BCUT2D eigenvalue weighted by Gasteiger charge is 2.21. The Kier molecular flexibility index (Phi) is 5.25. The van der Waals surface area contributed by atoms with Crippen LogP contribution >= 0.6 is 0 Å². The van der Waals surface area contributed by atoms with Gasteiger partial charge in [-0.2, -0.15) is 0 Å². The molecule has 0 aliphatic carbocycles. The number of pyridine rings is 1. The van der Waals surface area contributed by atoms with E-state index in [0.29, 0.717) is 19.1 Å². The molecule has 6 nitrogen and oxygen atoms in total. The minimum Gasteiger partial charge on any atom is -0.497 e. The number of nitrogens with one attached hydrogen (secondary N) is 1. The van der Waals surface area contributed by atoms with Crippen molar-refractivity contribution in [2.75, 3.05) is 25.5 Å². The van der Waals surface area contributed by atoms with Gasteiger partial charge in [-0.1, -0.05) is 6.08 Å². The van der Waals surface area contributed by atoms with Gasteiger partial charge in [0.05, 0.1) is 7.11 Å². The minimum atomic E-state index is -0.0863. The van der Waals surface area contributed by atoms with Gasteiger partial charge in [0.2, 0.25) is 0 Å². The zero-order chi connectivity index (χ0) is 20.4. The van der Waals surface area contributed by atoms with E-state index in [4.69, 9.17) is 4.74 Å². The van der Waals surface area contributed by atoms with Crippen molar-refractivity contribution >= 4 is 28.3 Å². The molecule has 3 aromatic rings. The molecule has 4 rings (SSSR count). The lowest BCUT2D eigenvalue weighted by Crippen LogP contribution is -2.37. The number of fused-ring (bicyclic) bond motifs is 1. The lowest BCUT2D eigenvalue weighted by atomic mass is 10.00. The van der Waals surface area contributed by atoms with Crippen LogP contribution in [0.4, 0.5) is 10.5 Å². The summed E-state index contributed by atoms with van der Waals surface area (Å²) in [7, 11) is 1.62. The first-order chi connectivity index (χ1) is 14.1. The van der Waals surface area contributed by atoms with Crippen LogP contribution in [0, 0.1) is 0 Å². The average molecular weight is 390 g/mol. The van der Waals surface area contributed by atoms with Crippen LogP contribution in [0.1, 0.15) is 31.9 Å². The third kappa shape index (κ3) is 3.83. The number of methoxy groups -OCH3 is 1. The summed E-state index contributed by atoms with van der Waals surface area (Å²) in [5.74, 6) is 0.767. The van der Waals surface area contributed by atoms with Crippen molar-refractivity contribution in [2.45, 2.75) is 26.3 Å². The summed E-state index contributed by atoms with van der Waals surface area (Å²) in [5.41, 5.74) is 4.27. The first kappa shape index (κ1) is 19.1. The summed E-state index contributed by atoms with van der Waals surface area (Å²) in [4.78, 5) is 19.0. The monoisotopic (exact) mass is 390 g/mol. The van der Waals surface area contributed by atoms with E-state index in [0.717, 1.165) is 23.5 Å². The molecule has 3 heterocycles. The molecule has 2 aromatic heterocycles. The van der Waals surface area contributed by atoms with Crippen molar-refractivity contribution in [3.63, 3.8) is 0 Å². The summed E-state index contributed by atoms with van der Waals surface area (Å²) < 4.78 is 7.37. The molecule has 0 fully saturated rings. The Balaban J connectivity index is 1.49. The van der Waals surface area contributed by atoms with Gasteiger partial charge in [-0.05, 0) is 62.2 Å². The highest BCUT2D eigenvalue weighted by Crippen LogP contribution is 2.31. The maximum atomic E-state index is 12.6. The van der Waals surface area contributed by atoms with E-state index in [1.807, 2.05) is 41.4 Å². The van der Waals surface area contributed by atoms with Gasteiger partial charge in [0.15, 0.2) is 0 Å². The first-order valence-corrected chi connectivity index (χ1v) is 9.91. The van der Waals surface area contributed by atoms with Crippen molar-refractivity contribution in [2.24, 2.45) is 0 Å². The number of nitrogens with zero attached hydrogens (tertiary/aromatic N) is 3. The van der Waals surface area contributed by atoms with Crippen LogP contribution in [-0.4, -0.2) is 40.7 Å². The number of rotatable bonds is 4. The van der Waals surface area contributed by atoms with Crippen molar-refractivity contribution < 1.29 is 9.53 Å². The molecule has 0 bridgehead atoms. The Morgan fingerprint density at radius 1 is 1.21 bits per heavy atom. The maximum Gasteiger partial charge on any atom is 0.322 e. The smallest absolute Gasteiger partial charge is 0.322 e. The maximum absolute atomic E-state index is 12.6. The number of carbonyl (C=O) groups is 1. The molecular weight excluding hydrogens is 364 g/mol. The Hall–Kier alpha value is -3.28. The summed E-state index contributed by atoms with van der Waals surface area (Å²) in [6, 6.07) is 11.7. The predicted molar refractivity (Wildman–Crippen MR) is 116 cm³/mol. The van der Waals surface area contributed by atoms with Gasteiger partial charge in [0.1, 0.15) is 11.4 Å². The highest BCUT2D eigenvalue weighted by atomic mass is 16.5. The molecule has 1 aliphatic heterocycles. The van der Waals surface area contributed by atoms with Crippen LogP contribution in [0.5, 0.6) is 5.75 Å². The fourth-order valence-corrected chi connectivity index (χ4v) is 3.71. The second-order valence-electron chi connectivity index (χ2n) is 7.50. The molecular formula is C23H26N4O2. The number of ether oxygens (including phenoxy) is 1. The molecule has 1 N–H and O–H groups in total. The number of aromatic nitrogens is 2. The van der Waals surface area contributed by atoms with Gasteiger partial charge >= 0.3 is 6.03 Å². The highest BCUT2D eigenvalue weighted by molar-refractivity contribution is 5.93. The third-order valence-corrected chi connectivity index (χ3v) is 5.33. The van der Waals surface area contributed by atoms with Gasteiger partial charge in [-0.25, -0.2) is 9.78 Å². The topological polar surface area (TPSA) is 59.4 Å². The number of carbonyl (C=O) groups excluding carboxylic acids is 1. The molecule has 0 atom stereocenters. The summed E-state index contributed by atoms with van der Waals surface area (Å²) >= 11 is 0. The Morgan fingerprint density at radius 3 is 2.66 bits per heavy atom. The van der Waals surface area contributed by atoms with Gasteiger partial charge in [-0.15, -0.1) is 0 Å². The van der Waals surface area contributed by atoms with Gasteiger partial charge in [0, 0.05) is 48.2 Å². The van der Waals surface area contributed by atoms with Gasteiger partial charge in [-0.3, -0.25) is 0 Å². The lowest BCUT2D eigenvalue weighted by molar-refractivity contribution is 0.217. The molecule has 29 heavy (non-hydrogen) atoms. The molecule has 1 aliphatic rings. The fraction of sp³-hybridized carbons (Fsp3) is 0.304. The molecule has 0 radical (unpaired) electrons. The van der Waals surface area contributed by atoms with Crippen LogP contribution < -0.4 is 10.1 Å². The van der Waals surface area contributed by atoms with Crippen molar-refractivity contribution in [3.8, 4) is 5.75 Å². The second kappa shape index (κ2) is 7.99. The van der Waals surface area contributed by atoms with Gasteiger partial charge in [0.25, 0.3) is 0 Å². The van der Waals surface area contributed by atoms with E-state index < -0.39 is 0 Å². The van der Waals surface area contributed by atoms with E-state index >= 15 is 0 Å². The Bertz CT molecular complexity index is 1050. The van der Waals surface area contributed by atoms with E-state index in [-0.39, 0.29) is 6.03 Å². The van der Waals surface area contributed by atoms with Crippen LogP contribution in [-0.2, 0) is 0 Å². The molecule has 0 spiro atoms. The van der Waals surface area contributed by atoms with Crippen molar-refractivity contribution in [1.29, 1.82) is 0 Å². The SMILES string of the molecule is COc1ccc(NC(=O)N2CC=C(c3cn(C(C)C)c4ncccc34)CC2)cc1. The van der Waals surface area contributed by atoms with E-state index in [1.54, 1.807) is 7.11 Å². The number of anilines is 1. The summed E-state index contributed by atoms with van der Waals surface area (Å²) in [5, 5.41) is 4.12. The zero-order valence-electron chi connectivity index (χ0n) is 17.1. The molecule has 0 unspecified atom stereocenters. The van der Waals surface area contributed by atoms with Crippen LogP contribution in [0.25, 0.3) is 16.6 Å². The molecule has 1 aromatic carbocycles. The normalized spacial score (nSPS) is 14.2. The molecule has 0 saturated carbocycles. The Labute approximate surface area is 170 Å². The molecule has 6 heteroatoms. The first-order valence-electron chi connectivity index (χ1n) is 9.91. The lowest BCUT2D eigenvalue weighted by Gasteiger charge is -2.26. The quantitative estimate of drug-likeness (QED) is 0.686. The fourth-order valence-electron chi connectivity index (χ4n) is 3.71. The Morgan fingerprint density at radius 2 is 2.00 bits per heavy atom. The van der Waals surface area contributed by atoms with Gasteiger partial charge < -0.3 is 19.5 Å². The van der Waals surface area contributed by atoms with Crippen LogP contribution in [0.2, 0.25) is 0 Å². The van der Waals surface area contributed by atoms with E-state index in [2.05, 4.69) is 47.1 Å². The minimum absolute atomic E-state index is 0.0863. The molecule has 150 valence electrons. The standard InChI is InChI=1S/C23H26N4O2/c1-16(2)27-15-21(20-5-4-12-24-22(20)27)17-10-13-26(14-11-17)23(28)25-18-6-8-19(29-3)9-7-18/h4-10,12,15-16H,11,13-14H2,1-3H3,(H,25,28). The number of hydrogen-bond acceptors (Lipinski definition) is 3. The average Bonchev–Trinajstić information content (AvgIpc) is 3.14. The largest absolute Gasteiger partial charge is 0.497 e. The number of amides is 2. The van der Waals surface area contributed by atoms with Crippen molar-refractivity contribution in [3.05, 3.63) is 60.4 Å². The molecule has 2 amide bonds. The summed E-state index contributed by atoms with van der Waals surface area (Å²) in [6.07, 6.45) is 7.01.